The van der Waals surface area contributed by atoms with Crippen molar-refractivity contribution in [2.24, 2.45) is 5.92 Å². The molecule has 2 heterocycles. The van der Waals surface area contributed by atoms with Crippen molar-refractivity contribution in [3.8, 4) is 11.6 Å². The average molecular weight is 341 g/mol. The van der Waals surface area contributed by atoms with Gasteiger partial charge in [0.05, 0.1) is 18.5 Å². The zero-order valence-corrected chi connectivity index (χ0v) is 14.4. The first-order chi connectivity index (χ1) is 12.1. The Morgan fingerprint density at radius 2 is 2.04 bits per heavy atom. The van der Waals surface area contributed by atoms with E-state index in [1.54, 1.807) is 25.4 Å². The van der Waals surface area contributed by atoms with Gasteiger partial charge in [-0.3, -0.25) is 4.79 Å². The van der Waals surface area contributed by atoms with Gasteiger partial charge in [-0.15, -0.1) is 0 Å². The fourth-order valence-electron chi connectivity index (χ4n) is 3.01. The Balaban J connectivity index is 1.54. The van der Waals surface area contributed by atoms with E-state index in [0.29, 0.717) is 37.1 Å². The molecule has 2 aromatic rings. The fraction of sp³-hybridized carbons (Fsp3) is 0.368. The zero-order valence-electron chi connectivity index (χ0n) is 14.4. The molecule has 6 nitrogen and oxygen atoms in total. The van der Waals surface area contributed by atoms with Gasteiger partial charge in [-0.05, 0) is 36.1 Å². The molecule has 0 aliphatic carbocycles. The van der Waals surface area contributed by atoms with E-state index in [2.05, 4.69) is 4.98 Å². The van der Waals surface area contributed by atoms with Crippen molar-refractivity contribution in [3.05, 3.63) is 48.2 Å². The van der Waals surface area contributed by atoms with Gasteiger partial charge < -0.3 is 20.1 Å². The van der Waals surface area contributed by atoms with Crippen LogP contribution in [0, 0.1) is 5.92 Å². The van der Waals surface area contributed by atoms with Crippen LogP contribution in [0.1, 0.15) is 12.0 Å². The standard InChI is InChI=1S/C19H23N3O3/c1-24-9-8-22-13-15(11-19(22)23)10-14-2-5-17(6-3-14)25-18-7-4-16(20)12-21-18/h2-7,12,15H,8-11,13,20H2,1H3/t15-/m0/s1. The minimum Gasteiger partial charge on any atom is -0.439 e. The number of likely N-dealkylation sites (tertiary alicyclic amines) is 1. The monoisotopic (exact) mass is 341 g/mol. The summed E-state index contributed by atoms with van der Waals surface area (Å²) in [5.74, 6) is 1.81. The zero-order chi connectivity index (χ0) is 17.6. The van der Waals surface area contributed by atoms with E-state index in [-0.39, 0.29) is 5.91 Å². The number of ether oxygens (including phenoxy) is 2. The van der Waals surface area contributed by atoms with Gasteiger partial charge in [-0.1, -0.05) is 12.1 Å². The molecule has 1 atom stereocenters. The summed E-state index contributed by atoms with van der Waals surface area (Å²) in [6.07, 6.45) is 3.06. The average Bonchev–Trinajstić information content (AvgIpc) is 2.96. The summed E-state index contributed by atoms with van der Waals surface area (Å²) < 4.78 is 10.7. The first kappa shape index (κ1) is 17.2. The summed E-state index contributed by atoms with van der Waals surface area (Å²) in [5, 5.41) is 0. The second-order valence-corrected chi connectivity index (χ2v) is 6.28. The van der Waals surface area contributed by atoms with E-state index in [1.165, 1.54) is 5.56 Å². The number of amides is 1. The number of nitrogens with two attached hydrogens (primary N) is 1. The molecule has 2 N–H and O–H groups in total. The lowest BCUT2D eigenvalue weighted by molar-refractivity contribution is -0.128. The lowest BCUT2D eigenvalue weighted by Crippen LogP contribution is -2.28. The number of hydrogen-bond acceptors (Lipinski definition) is 5. The summed E-state index contributed by atoms with van der Waals surface area (Å²) >= 11 is 0. The predicted octanol–water partition coefficient (Wildman–Crippen LogP) is 2.49. The number of nitrogen functional groups attached to an aromatic ring is 1. The van der Waals surface area contributed by atoms with Gasteiger partial charge >= 0.3 is 0 Å². The Bertz CT molecular complexity index is 701. The van der Waals surface area contributed by atoms with Crippen LogP contribution in [0.2, 0.25) is 0 Å². The van der Waals surface area contributed by atoms with Crippen molar-refractivity contribution in [1.82, 2.24) is 9.88 Å². The van der Waals surface area contributed by atoms with Gasteiger partial charge in [0, 0.05) is 32.7 Å². The van der Waals surface area contributed by atoms with Crippen molar-refractivity contribution >= 4 is 11.6 Å². The molecule has 1 aliphatic rings. The van der Waals surface area contributed by atoms with Crippen LogP contribution in [0.4, 0.5) is 5.69 Å². The highest BCUT2D eigenvalue weighted by Crippen LogP contribution is 2.24. The fourth-order valence-corrected chi connectivity index (χ4v) is 3.01. The van der Waals surface area contributed by atoms with Gasteiger partial charge in [0.25, 0.3) is 0 Å². The summed E-state index contributed by atoms with van der Waals surface area (Å²) in [5.41, 5.74) is 7.41. The minimum absolute atomic E-state index is 0.219. The molecule has 1 aliphatic heterocycles. The van der Waals surface area contributed by atoms with E-state index < -0.39 is 0 Å². The topological polar surface area (TPSA) is 77.7 Å². The van der Waals surface area contributed by atoms with E-state index >= 15 is 0 Å². The molecule has 1 fully saturated rings. The van der Waals surface area contributed by atoms with Crippen LogP contribution < -0.4 is 10.5 Å². The van der Waals surface area contributed by atoms with Crippen LogP contribution in [0.25, 0.3) is 0 Å². The number of benzene rings is 1. The van der Waals surface area contributed by atoms with Crippen molar-refractivity contribution in [2.45, 2.75) is 12.8 Å². The predicted molar refractivity (Wildman–Crippen MR) is 95.4 cm³/mol. The molecule has 3 rings (SSSR count). The SMILES string of the molecule is COCCN1C[C@@H](Cc2ccc(Oc3ccc(N)cn3)cc2)CC1=O. The first-order valence-corrected chi connectivity index (χ1v) is 8.39. The molecule has 6 heteroatoms. The van der Waals surface area contributed by atoms with Crippen molar-refractivity contribution in [2.75, 3.05) is 32.5 Å². The number of carbonyl (C=O) groups excluding carboxylic acids is 1. The number of aromatic nitrogens is 1. The third kappa shape index (κ3) is 4.70. The molecule has 1 aromatic carbocycles. The molecule has 25 heavy (non-hydrogen) atoms. The van der Waals surface area contributed by atoms with Crippen molar-refractivity contribution in [1.29, 1.82) is 0 Å². The third-order valence-electron chi connectivity index (χ3n) is 4.29. The van der Waals surface area contributed by atoms with Crippen molar-refractivity contribution < 1.29 is 14.3 Å². The number of pyridine rings is 1. The lowest BCUT2D eigenvalue weighted by atomic mass is 9.98. The highest BCUT2D eigenvalue weighted by atomic mass is 16.5. The maximum atomic E-state index is 12.0. The summed E-state index contributed by atoms with van der Waals surface area (Å²) in [4.78, 5) is 18.0. The molecule has 0 bridgehead atoms. The number of carbonyl (C=O) groups is 1. The molecular weight excluding hydrogens is 318 g/mol. The van der Waals surface area contributed by atoms with Gasteiger partial charge in [-0.25, -0.2) is 4.98 Å². The van der Waals surface area contributed by atoms with E-state index in [4.69, 9.17) is 15.2 Å². The molecular formula is C19H23N3O3. The largest absolute Gasteiger partial charge is 0.439 e. The Labute approximate surface area is 147 Å². The molecule has 0 saturated carbocycles. The van der Waals surface area contributed by atoms with E-state index in [0.717, 1.165) is 18.7 Å². The van der Waals surface area contributed by atoms with Crippen LogP contribution >= 0.6 is 0 Å². The van der Waals surface area contributed by atoms with Crippen LogP contribution in [0.3, 0.4) is 0 Å². The number of methoxy groups -OCH3 is 1. The van der Waals surface area contributed by atoms with Gasteiger partial charge in [0.15, 0.2) is 0 Å². The molecule has 1 amide bonds. The third-order valence-corrected chi connectivity index (χ3v) is 4.29. The molecule has 0 unspecified atom stereocenters. The Morgan fingerprint density at radius 1 is 1.24 bits per heavy atom. The second kappa shape index (κ2) is 7.98. The summed E-state index contributed by atoms with van der Waals surface area (Å²) in [7, 11) is 1.65. The summed E-state index contributed by atoms with van der Waals surface area (Å²) in [6, 6.07) is 11.4. The number of rotatable bonds is 7. The molecule has 1 aromatic heterocycles. The molecule has 1 saturated heterocycles. The van der Waals surface area contributed by atoms with Crippen LogP contribution in [0.5, 0.6) is 11.6 Å². The Morgan fingerprint density at radius 3 is 2.72 bits per heavy atom. The van der Waals surface area contributed by atoms with Gasteiger partial charge in [0.1, 0.15) is 5.75 Å². The maximum Gasteiger partial charge on any atom is 0.223 e. The Hall–Kier alpha value is -2.60. The minimum atomic E-state index is 0.219. The second-order valence-electron chi connectivity index (χ2n) is 6.28. The highest BCUT2D eigenvalue weighted by molar-refractivity contribution is 5.78. The van der Waals surface area contributed by atoms with Crippen molar-refractivity contribution in [3.63, 3.8) is 0 Å². The lowest BCUT2D eigenvalue weighted by Gasteiger charge is -2.16. The van der Waals surface area contributed by atoms with E-state index in [1.807, 2.05) is 29.2 Å². The quantitative estimate of drug-likeness (QED) is 0.837. The van der Waals surface area contributed by atoms with Crippen LogP contribution in [0.15, 0.2) is 42.6 Å². The van der Waals surface area contributed by atoms with E-state index in [9.17, 15) is 4.79 Å². The van der Waals surface area contributed by atoms with Crippen LogP contribution in [-0.4, -0.2) is 42.6 Å². The van der Waals surface area contributed by atoms with Gasteiger partial charge in [0.2, 0.25) is 11.8 Å². The maximum absolute atomic E-state index is 12.0. The normalized spacial score (nSPS) is 17.1. The first-order valence-electron chi connectivity index (χ1n) is 8.39. The number of nitrogens with zero attached hydrogens (tertiary/aromatic N) is 2. The van der Waals surface area contributed by atoms with Crippen LogP contribution in [-0.2, 0) is 16.0 Å². The van der Waals surface area contributed by atoms with Gasteiger partial charge in [-0.2, -0.15) is 0 Å². The molecule has 0 spiro atoms. The number of hydrogen-bond donors (Lipinski definition) is 1. The smallest absolute Gasteiger partial charge is 0.223 e. The summed E-state index contributed by atoms with van der Waals surface area (Å²) in [6.45, 7) is 2.06. The molecule has 0 radical (unpaired) electrons. The Kier molecular flexibility index (Phi) is 5.50. The number of anilines is 1. The highest BCUT2D eigenvalue weighted by Gasteiger charge is 2.29. The molecule has 132 valence electrons.